The lowest BCUT2D eigenvalue weighted by atomic mass is 10.1. The van der Waals surface area contributed by atoms with Crippen molar-refractivity contribution in [2.24, 2.45) is 0 Å². The van der Waals surface area contributed by atoms with Crippen LogP contribution in [0.5, 0.6) is 0 Å². The second-order valence-corrected chi connectivity index (χ2v) is 5.97. The first-order chi connectivity index (χ1) is 8.06. The Morgan fingerprint density at radius 1 is 1.35 bits per heavy atom. The molecule has 1 aromatic heterocycles. The highest BCUT2D eigenvalue weighted by atomic mass is 32.2. The van der Waals surface area contributed by atoms with Gasteiger partial charge in [-0.3, -0.25) is 0 Å². The van der Waals surface area contributed by atoms with E-state index >= 15 is 0 Å². The predicted molar refractivity (Wildman–Crippen MR) is 66.9 cm³/mol. The molecule has 88 valence electrons. The van der Waals surface area contributed by atoms with Gasteiger partial charge in [-0.2, -0.15) is 0 Å². The van der Waals surface area contributed by atoms with Crippen molar-refractivity contribution >= 4 is 29.1 Å². The minimum Gasteiger partial charge on any atom is -0.478 e. The van der Waals surface area contributed by atoms with Gasteiger partial charge in [0.25, 0.3) is 0 Å². The summed E-state index contributed by atoms with van der Waals surface area (Å²) in [5.41, 5.74) is 1.09. The second kappa shape index (κ2) is 4.85. The number of carboxylic acid groups (broad SMARTS) is 1. The van der Waals surface area contributed by atoms with Crippen LogP contribution in [-0.2, 0) is 0 Å². The largest absolute Gasteiger partial charge is 0.478 e. The highest BCUT2D eigenvalue weighted by Gasteiger charge is 2.10. The number of hydrogen-bond acceptors (Lipinski definition) is 5. The van der Waals surface area contributed by atoms with E-state index in [1.807, 2.05) is 13.0 Å². The molecule has 0 radical (unpaired) electrons. The monoisotopic (exact) mass is 266 g/mol. The van der Waals surface area contributed by atoms with Crippen molar-refractivity contribution in [2.75, 3.05) is 0 Å². The fourth-order valence-electron chi connectivity index (χ4n) is 1.32. The van der Waals surface area contributed by atoms with Crippen molar-refractivity contribution in [1.29, 1.82) is 0 Å². The van der Waals surface area contributed by atoms with Gasteiger partial charge in [-0.1, -0.05) is 29.2 Å². The van der Waals surface area contributed by atoms with Crippen molar-refractivity contribution in [3.05, 3.63) is 34.3 Å². The summed E-state index contributed by atoms with van der Waals surface area (Å²) in [5.74, 6) is -0.904. The molecule has 1 N–H and O–H groups in total. The van der Waals surface area contributed by atoms with Crippen LogP contribution in [0.2, 0.25) is 0 Å². The van der Waals surface area contributed by atoms with Gasteiger partial charge in [0.15, 0.2) is 4.34 Å². The third-order valence-electron chi connectivity index (χ3n) is 2.15. The van der Waals surface area contributed by atoms with Gasteiger partial charge in [-0.05, 0) is 31.5 Å². The maximum atomic E-state index is 11.0. The lowest BCUT2D eigenvalue weighted by molar-refractivity contribution is 0.0696. The Bertz CT molecular complexity index is 566. The number of benzene rings is 1. The lowest BCUT2D eigenvalue weighted by Gasteiger charge is -2.03. The Morgan fingerprint density at radius 2 is 2.12 bits per heavy atom. The van der Waals surface area contributed by atoms with Crippen LogP contribution in [0.4, 0.5) is 0 Å². The van der Waals surface area contributed by atoms with Crippen LogP contribution in [-0.4, -0.2) is 21.3 Å². The SMILES string of the molecule is Cc1nnc(Sc2ccc(C)c(C(=O)O)c2)s1. The van der Waals surface area contributed by atoms with E-state index in [2.05, 4.69) is 10.2 Å². The highest BCUT2D eigenvalue weighted by Crippen LogP contribution is 2.31. The first-order valence-corrected chi connectivity index (χ1v) is 6.51. The molecule has 0 aliphatic carbocycles. The van der Waals surface area contributed by atoms with Gasteiger partial charge in [-0.15, -0.1) is 10.2 Å². The summed E-state index contributed by atoms with van der Waals surface area (Å²) in [6.45, 7) is 3.67. The molecule has 0 aliphatic rings. The molecule has 2 rings (SSSR count). The normalized spacial score (nSPS) is 10.5. The zero-order valence-electron chi connectivity index (χ0n) is 9.30. The maximum Gasteiger partial charge on any atom is 0.335 e. The summed E-state index contributed by atoms with van der Waals surface area (Å²) in [6.07, 6.45) is 0. The Labute approximate surface area is 107 Å². The van der Waals surface area contributed by atoms with Gasteiger partial charge < -0.3 is 5.11 Å². The molecule has 0 atom stereocenters. The van der Waals surface area contributed by atoms with Crippen molar-refractivity contribution in [3.8, 4) is 0 Å². The topological polar surface area (TPSA) is 63.1 Å². The summed E-state index contributed by atoms with van der Waals surface area (Å²) in [6, 6.07) is 5.36. The van der Waals surface area contributed by atoms with E-state index in [-0.39, 0.29) is 0 Å². The quantitative estimate of drug-likeness (QED) is 0.925. The third kappa shape index (κ3) is 2.83. The number of carbonyl (C=O) groups is 1. The minimum absolute atomic E-state index is 0.330. The van der Waals surface area contributed by atoms with Crippen molar-refractivity contribution in [2.45, 2.75) is 23.1 Å². The summed E-state index contributed by atoms with van der Waals surface area (Å²) in [7, 11) is 0. The van der Waals surface area contributed by atoms with Gasteiger partial charge in [0.1, 0.15) is 5.01 Å². The number of rotatable bonds is 3. The second-order valence-electron chi connectivity index (χ2n) is 3.47. The van der Waals surface area contributed by atoms with Crippen LogP contribution in [0.15, 0.2) is 27.4 Å². The Balaban J connectivity index is 2.28. The van der Waals surface area contributed by atoms with Gasteiger partial charge in [0, 0.05) is 4.90 Å². The summed E-state index contributed by atoms with van der Waals surface area (Å²) in [4.78, 5) is 11.9. The van der Waals surface area contributed by atoms with Gasteiger partial charge in [-0.25, -0.2) is 4.79 Å². The van der Waals surface area contributed by atoms with E-state index in [0.29, 0.717) is 5.56 Å². The fraction of sp³-hybridized carbons (Fsp3) is 0.182. The number of aromatic nitrogens is 2. The van der Waals surface area contributed by atoms with Crippen LogP contribution in [0.3, 0.4) is 0 Å². The van der Waals surface area contributed by atoms with Crippen LogP contribution in [0.25, 0.3) is 0 Å². The average molecular weight is 266 g/mol. The Morgan fingerprint density at radius 3 is 2.71 bits per heavy atom. The molecule has 6 heteroatoms. The lowest BCUT2D eigenvalue weighted by Crippen LogP contribution is -1.99. The molecule has 17 heavy (non-hydrogen) atoms. The predicted octanol–water partition coefficient (Wildman–Crippen LogP) is 3.00. The summed E-state index contributed by atoms with van der Waals surface area (Å²) in [5, 5.41) is 17.8. The third-order valence-corrected chi connectivity index (χ3v) is 4.03. The molecule has 1 aromatic carbocycles. The molecule has 0 unspecified atom stereocenters. The summed E-state index contributed by atoms with van der Waals surface area (Å²) >= 11 is 2.92. The van der Waals surface area contributed by atoms with Gasteiger partial charge >= 0.3 is 5.97 Å². The molecule has 0 bridgehead atoms. The van der Waals surface area contributed by atoms with Crippen LogP contribution < -0.4 is 0 Å². The van der Waals surface area contributed by atoms with Crippen LogP contribution in [0.1, 0.15) is 20.9 Å². The molecule has 0 spiro atoms. The number of carboxylic acids is 1. The van der Waals surface area contributed by atoms with Crippen molar-refractivity contribution in [1.82, 2.24) is 10.2 Å². The fourth-order valence-corrected chi connectivity index (χ4v) is 3.14. The highest BCUT2D eigenvalue weighted by molar-refractivity contribution is 8.01. The van der Waals surface area contributed by atoms with Crippen LogP contribution >= 0.6 is 23.1 Å². The van der Waals surface area contributed by atoms with E-state index in [9.17, 15) is 4.79 Å². The molecule has 0 aliphatic heterocycles. The smallest absolute Gasteiger partial charge is 0.335 e. The minimum atomic E-state index is -0.904. The molecule has 1 heterocycles. The molecule has 0 fully saturated rings. The first kappa shape index (κ1) is 12.1. The zero-order chi connectivity index (χ0) is 12.4. The number of aromatic carboxylic acids is 1. The molecule has 2 aromatic rings. The standard InChI is InChI=1S/C11H10N2O2S2/c1-6-3-4-8(5-9(6)10(14)15)17-11-13-12-7(2)16-11/h3-5H,1-2H3,(H,14,15). The Hall–Kier alpha value is -1.40. The number of aryl methyl sites for hydroxylation is 2. The molecular weight excluding hydrogens is 256 g/mol. The molecular formula is C11H10N2O2S2. The first-order valence-electron chi connectivity index (χ1n) is 4.88. The van der Waals surface area contributed by atoms with E-state index in [1.165, 1.54) is 23.1 Å². The van der Waals surface area contributed by atoms with E-state index in [4.69, 9.17) is 5.11 Å². The van der Waals surface area contributed by atoms with Crippen molar-refractivity contribution < 1.29 is 9.90 Å². The van der Waals surface area contributed by atoms with Crippen LogP contribution in [0, 0.1) is 13.8 Å². The zero-order valence-corrected chi connectivity index (χ0v) is 10.9. The van der Waals surface area contributed by atoms with Gasteiger partial charge in [0.2, 0.25) is 0 Å². The van der Waals surface area contributed by atoms with E-state index in [1.54, 1.807) is 19.1 Å². The van der Waals surface area contributed by atoms with E-state index in [0.717, 1.165) is 19.8 Å². The van der Waals surface area contributed by atoms with Crippen molar-refractivity contribution in [3.63, 3.8) is 0 Å². The molecule has 0 amide bonds. The Kier molecular flexibility index (Phi) is 3.44. The number of hydrogen-bond donors (Lipinski definition) is 1. The maximum absolute atomic E-state index is 11.0. The average Bonchev–Trinajstić information content (AvgIpc) is 2.66. The summed E-state index contributed by atoms with van der Waals surface area (Å²) < 4.78 is 0.822. The molecule has 0 saturated carbocycles. The van der Waals surface area contributed by atoms with E-state index < -0.39 is 5.97 Å². The number of nitrogens with zero attached hydrogens (tertiary/aromatic N) is 2. The van der Waals surface area contributed by atoms with Gasteiger partial charge in [0.05, 0.1) is 5.56 Å². The molecule has 4 nitrogen and oxygen atoms in total. The molecule has 0 saturated heterocycles.